The lowest BCUT2D eigenvalue weighted by Crippen LogP contribution is -2.23. The van der Waals surface area contributed by atoms with Crippen LogP contribution < -0.4 is 5.32 Å². The predicted octanol–water partition coefficient (Wildman–Crippen LogP) is 3.38. The van der Waals surface area contributed by atoms with E-state index >= 15 is 0 Å². The van der Waals surface area contributed by atoms with E-state index in [1.54, 1.807) is 24.8 Å². The van der Waals surface area contributed by atoms with E-state index in [0.29, 0.717) is 12.1 Å². The van der Waals surface area contributed by atoms with Crippen molar-refractivity contribution in [3.05, 3.63) is 83.9 Å². The van der Waals surface area contributed by atoms with Crippen molar-refractivity contribution in [2.75, 3.05) is 0 Å². The summed E-state index contributed by atoms with van der Waals surface area (Å²) in [7, 11) is 0. The van der Waals surface area contributed by atoms with Crippen molar-refractivity contribution in [1.82, 2.24) is 15.3 Å². The molecule has 0 atom stereocenters. The minimum atomic E-state index is -0.143. The van der Waals surface area contributed by atoms with Crippen molar-refractivity contribution in [1.29, 1.82) is 0 Å². The number of rotatable bonds is 4. The zero-order valence-corrected chi connectivity index (χ0v) is 12.9. The maximum Gasteiger partial charge on any atom is 0.253 e. The second kappa shape index (κ2) is 6.83. The maximum atomic E-state index is 12.3. The first-order chi connectivity index (χ1) is 11.2. The molecule has 0 unspecified atom stereocenters. The van der Waals surface area contributed by atoms with Gasteiger partial charge in [-0.15, -0.1) is 0 Å². The molecule has 0 saturated heterocycles. The maximum absolute atomic E-state index is 12.3. The molecule has 0 aliphatic carbocycles. The molecule has 2 aromatic heterocycles. The summed E-state index contributed by atoms with van der Waals surface area (Å²) < 4.78 is 0. The van der Waals surface area contributed by atoms with Crippen molar-refractivity contribution in [3.63, 3.8) is 0 Å². The van der Waals surface area contributed by atoms with Gasteiger partial charge in [-0.3, -0.25) is 14.8 Å². The van der Waals surface area contributed by atoms with Gasteiger partial charge in [-0.05, 0) is 30.2 Å². The smallest absolute Gasteiger partial charge is 0.253 e. The molecule has 0 aliphatic heterocycles. The summed E-state index contributed by atoms with van der Waals surface area (Å²) in [6, 6.07) is 13.8. The third-order valence-electron chi connectivity index (χ3n) is 3.53. The Balaban J connectivity index is 1.75. The van der Waals surface area contributed by atoms with Crippen LogP contribution in [0.25, 0.3) is 11.1 Å². The fourth-order valence-electron chi connectivity index (χ4n) is 2.33. The molecule has 0 bridgehead atoms. The van der Waals surface area contributed by atoms with Crippen LogP contribution in [0.5, 0.6) is 0 Å². The molecule has 4 nitrogen and oxygen atoms in total. The average molecular weight is 303 g/mol. The Hall–Kier alpha value is -3.01. The van der Waals surface area contributed by atoms with Crippen LogP contribution in [0.1, 0.15) is 21.5 Å². The van der Waals surface area contributed by atoms with E-state index in [1.165, 1.54) is 5.56 Å². The number of nitrogens with zero attached hydrogens (tertiary/aromatic N) is 2. The van der Waals surface area contributed by atoms with Gasteiger partial charge in [0.1, 0.15) is 0 Å². The van der Waals surface area contributed by atoms with Crippen molar-refractivity contribution >= 4 is 5.91 Å². The van der Waals surface area contributed by atoms with Crippen LogP contribution in [0.15, 0.2) is 67.3 Å². The molecule has 3 aromatic rings. The van der Waals surface area contributed by atoms with E-state index < -0.39 is 0 Å². The van der Waals surface area contributed by atoms with Gasteiger partial charge >= 0.3 is 0 Å². The molecule has 0 saturated carbocycles. The number of pyridine rings is 2. The van der Waals surface area contributed by atoms with E-state index in [9.17, 15) is 4.79 Å². The van der Waals surface area contributed by atoms with Crippen molar-refractivity contribution in [2.24, 2.45) is 0 Å². The monoisotopic (exact) mass is 303 g/mol. The third kappa shape index (κ3) is 3.80. The SMILES string of the molecule is Cc1cccc(-c2cncc(C(=O)NCc3cccnc3)c2)c1. The normalized spacial score (nSPS) is 10.3. The highest BCUT2D eigenvalue weighted by molar-refractivity contribution is 5.95. The molecule has 0 radical (unpaired) electrons. The Morgan fingerprint density at radius 2 is 1.91 bits per heavy atom. The second-order valence-electron chi connectivity index (χ2n) is 5.38. The standard InChI is InChI=1S/C19H17N3O/c1-14-4-2-6-16(8-14)17-9-18(13-21-12-17)19(23)22-11-15-5-3-7-20-10-15/h2-10,12-13H,11H2,1H3,(H,22,23). The minimum absolute atomic E-state index is 0.143. The van der Waals surface area contributed by atoms with Gasteiger partial charge in [-0.2, -0.15) is 0 Å². The number of aryl methyl sites for hydroxylation is 1. The Kier molecular flexibility index (Phi) is 4.43. The number of aromatic nitrogens is 2. The lowest BCUT2D eigenvalue weighted by atomic mass is 10.0. The summed E-state index contributed by atoms with van der Waals surface area (Å²) in [5.41, 5.74) is 4.67. The van der Waals surface area contributed by atoms with Gasteiger partial charge in [0, 0.05) is 36.9 Å². The predicted molar refractivity (Wildman–Crippen MR) is 89.8 cm³/mol. The number of carbonyl (C=O) groups is 1. The first kappa shape index (κ1) is 14.9. The van der Waals surface area contributed by atoms with Crippen LogP contribution in [0.4, 0.5) is 0 Å². The van der Waals surface area contributed by atoms with Crippen LogP contribution >= 0.6 is 0 Å². The summed E-state index contributed by atoms with van der Waals surface area (Å²) >= 11 is 0. The Bertz CT molecular complexity index is 816. The summed E-state index contributed by atoms with van der Waals surface area (Å²) in [5.74, 6) is -0.143. The van der Waals surface area contributed by atoms with E-state index in [0.717, 1.165) is 16.7 Å². The highest BCUT2D eigenvalue weighted by atomic mass is 16.1. The molecule has 1 amide bonds. The summed E-state index contributed by atoms with van der Waals surface area (Å²) in [6.07, 6.45) is 6.80. The summed E-state index contributed by atoms with van der Waals surface area (Å²) in [4.78, 5) is 20.5. The molecule has 23 heavy (non-hydrogen) atoms. The van der Waals surface area contributed by atoms with Gasteiger partial charge in [0.05, 0.1) is 5.56 Å². The summed E-state index contributed by atoms with van der Waals surface area (Å²) in [6.45, 7) is 2.49. The van der Waals surface area contributed by atoms with E-state index in [1.807, 2.05) is 43.3 Å². The quantitative estimate of drug-likeness (QED) is 0.804. The second-order valence-corrected chi connectivity index (χ2v) is 5.38. The lowest BCUT2D eigenvalue weighted by Gasteiger charge is -2.07. The number of hydrogen-bond donors (Lipinski definition) is 1. The van der Waals surface area contributed by atoms with Gasteiger partial charge < -0.3 is 5.32 Å². The Morgan fingerprint density at radius 1 is 1.00 bits per heavy atom. The molecule has 1 N–H and O–H groups in total. The first-order valence-electron chi connectivity index (χ1n) is 7.41. The Labute approximate surface area is 135 Å². The number of benzene rings is 1. The third-order valence-corrected chi connectivity index (χ3v) is 3.53. The molecule has 0 fully saturated rings. The molecule has 2 heterocycles. The van der Waals surface area contributed by atoms with Crippen molar-refractivity contribution < 1.29 is 4.79 Å². The van der Waals surface area contributed by atoms with Crippen molar-refractivity contribution in [2.45, 2.75) is 13.5 Å². The zero-order chi connectivity index (χ0) is 16.1. The number of carbonyl (C=O) groups excluding carboxylic acids is 1. The fourth-order valence-corrected chi connectivity index (χ4v) is 2.33. The van der Waals surface area contributed by atoms with Crippen LogP contribution in [0.3, 0.4) is 0 Å². The van der Waals surface area contributed by atoms with Gasteiger partial charge in [0.15, 0.2) is 0 Å². The molecular weight excluding hydrogens is 286 g/mol. The molecule has 114 valence electrons. The van der Waals surface area contributed by atoms with Crippen LogP contribution in [-0.4, -0.2) is 15.9 Å². The van der Waals surface area contributed by atoms with Gasteiger partial charge in [-0.1, -0.05) is 35.9 Å². The molecule has 4 heteroatoms. The van der Waals surface area contributed by atoms with Crippen LogP contribution in [0.2, 0.25) is 0 Å². The number of nitrogens with one attached hydrogen (secondary N) is 1. The lowest BCUT2D eigenvalue weighted by molar-refractivity contribution is 0.0950. The van der Waals surface area contributed by atoms with Crippen LogP contribution in [-0.2, 0) is 6.54 Å². The van der Waals surface area contributed by atoms with Gasteiger partial charge in [-0.25, -0.2) is 0 Å². The van der Waals surface area contributed by atoms with Crippen LogP contribution in [0, 0.1) is 6.92 Å². The zero-order valence-electron chi connectivity index (χ0n) is 12.9. The largest absolute Gasteiger partial charge is 0.348 e. The molecule has 1 aromatic carbocycles. The fraction of sp³-hybridized carbons (Fsp3) is 0.105. The molecule has 3 rings (SSSR count). The van der Waals surface area contributed by atoms with E-state index in [4.69, 9.17) is 0 Å². The summed E-state index contributed by atoms with van der Waals surface area (Å²) in [5, 5.41) is 2.89. The minimum Gasteiger partial charge on any atom is -0.348 e. The average Bonchev–Trinajstić information content (AvgIpc) is 2.61. The van der Waals surface area contributed by atoms with Crippen molar-refractivity contribution in [3.8, 4) is 11.1 Å². The molecule has 0 aliphatic rings. The highest BCUT2D eigenvalue weighted by Gasteiger charge is 2.08. The van der Waals surface area contributed by atoms with Gasteiger partial charge in [0.25, 0.3) is 5.91 Å². The van der Waals surface area contributed by atoms with Gasteiger partial charge in [0.2, 0.25) is 0 Å². The number of hydrogen-bond acceptors (Lipinski definition) is 3. The van der Waals surface area contributed by atoms with E-state index in [2.05, 4.69) is 21.4 Å². The topological polar surface area (TPSA) is 54.9 Å². The first-order valence-corrected chi connectivity index (χ1v) is 7.41. The highest BCUT2D eigenvalue weighted by Crippen LogP contribution is 2.20. The van der Waals surface area contributed by atoms with E-state index in [-0.39, 0.29) is 5.91 Å². The molecule has 0 spiro atoms. The molecular formula is C19H17N3O. The Morgan fingerprint density at radius 3 is 2.70 bits per heavy atom. The number of amides is 1.